The number of sulfonamides is 1. The van der Waals surface area contributed by atoms with Crippen molar-refractivity contribution in [1.82, 2.24) is 9.62 Å². The molecule has 5 rings (SSSR count). The van der Waals surface area contributed by atoms with Crippen molar-refractivity contribution >= 4 is 27.5 Å². The molecule has 3 fully saturated rings. The van der Waals surface area contributed by atoms with Crippen LogP contribution in [-0.4, -0.2) is 50.0 Å². The number of fused-ring (bicyclic) bond motifs is 2. The largest absolute Gasteiger partial charge is 0.493 e. The molecule has 2 aromatic carbocycles. The lowest BCUT2D eigenvalue weighted by molar-refractivity contribution is -0.149. The predicted octanol–water partition coefficient (Wildman–Crippen LogP) is 5.22. The average molecular weight is 596 g/mol. The Morgan fingerprint density at radius 2 is 1.60 bits per heavy atom. The van der Waals surface area contributed by atoms with Gasteiger partial charge in [-0.05, 0) is 80.8 Å². The highest BCUT2D eigenvalue weighted by atomic mass is 35.5. The third-order valence-electron chi connectivity index (χ3n) is 8.48. The second kappa shape index (κ2) is 11.9. The first-order valence-corrected chi connectivity index (χ1v) is 15.9. The molecule has 11 heteroatoms. The smallest absolute Gasteiger partial charge is 0.298 e. The molecule has 2 aliphatic heterocycles. The van der Waals surface area contributed by atoms with Gasteiger partial charge in [-0.1, -0.05) is 43.0 Å². The average Bonchev–Trinajstić information content (AvgIpc) is 3.21. The van der Waals surface area contributed by atoms with Crippen molar-refractivity contribution in [1.29, 1.82) is 0 Å². The second-order valence-electron chi connectivity index (χ2n) is 11.3. The Kier molecular flexibility index (Phi) is 8.71. The van der Waals surface area contributed by atoms with E-state index < -0.39 is 33.5 Å². The molecule has 2 heterocycles. The highest BCUT2D eigenvalue weighted by molar-refractivity contribution is 7.89. The molecule has 3 aliphatic rings. The van der Waals surface area contributed by atoms with Crippen LogP contribution in [-0.2, 0) is 20.7 Å². The Bertz CT molecular complexity index is 1270. The van der Waals surface area contributed by atoms with Crippen LogP contribution in [0.25, 0.3) is 0 Å². The van der Waals surface area contributed by atoms with Crippen molar-refractivity contribution in [2.45, 2.75) is 92.8 Å². The molecule has 40 heavy (non-hydrogen) atoms. The molecule has 1 amide bonds. The third kappa shape index (κ3) is 6.30. The first-order valence-electron chi connectivity index (χ1n) is 14.0. The van der Waals surface area contributed by atoms with Gasteiger partial charge in [-0.15, -0.1) is 0 Å². The minimum atomic E-state index is -4.50. The minimum absolute atomic E-state index is 0.118. The Morgan fingerprint density at radius 3 is 2.20 bits per heavy atom. The highest BCUT2D eigenvalue weighted by Crippen LogP contribution is 2.40. The lowest BCUT2D eigenvalue weighted by atomic mass is 9.90. The molecule has 1 aliphatic carbocycles. The van der Waals surface area contributed by atoms with Crippen LogP contribution < -0.4 is 15.2 Å². The quantitative estimate of drug-likeness (QED) is 0.414. The Hall–Kier alpha value is -2.27. The van der Waals surface area contributed by atoms with Crippen molar-refractivity contribution in [2.24, 2.45) is 11.7 Å². The van der Waals surface area contributed by atoms with Gasteiger partial charge in [0, 0.05) is 28.7 Å². The van der Waals surface area contributed by atoms with E-state index in [0.717, 1.165) is 25.0 Å². The van der Waals surface area contributed by atoms with Gasteiger partial charge >= 0.3 is 0 Å². The van der Waals surface area contributed by atoms with Crippen molar-refractivity contribution in [3.63, 3.8) is 0 Å². The lowest BCUT2D eigenvalue weighted by Gasteiger charge is -2.41. The van der Waals surface area contributed by atoms with Crippen LogP contribution in [0, 0.1) is 5.92 Å². The number of hydrogen-bond donors (Lipinski definition) is 2. The molecule has 7 nitrogen and oxygen atoms in total. The number of nitrogens with one attached hydrogen (secondary N) is 1. The molecule has 3 atom stereocenters. The van der Waals surface area contributed by atoms with Gasteiger partial charge in [-0.25, -0.2) is 8.42 Å². The number of benzene rings is 2. The number of ether oxygens (including phenoxy) is 1. The van der Waals surface area contributed by atoms with Crippen LogP contribution in [0.4, 0.5) is 8.78 Å². The van der Waals surface area contributed by atoms with E-state index in [1.807, 2.05) is 0 Å². The van der Waals surface area contributed by atoms with E-state index in [-0.39, 0.29) is 28.0 Å². The first kappa shape index (κ1) is 29.2. The summed E-state index contributed by atoms with van der Waals surface area (Å²) in [6.07, 6.45) is 8.12. The molecule has 3 N–H and O–H groups in total. The SMILES string of the molecule is NC1CC2CCC(C1)N2C(=O)[C@H](NS(=O)(=O)c1ccc(OCC2CCCCC2)cc1)C(F)(F)c1ccc(Cl)cc1. The molecular formula is C29H36ClF2N3O4S. The number of nitrogens with two attached hydrogens (primary N) is 1. The number of carbonyl (C=O) groups is 1. The summed E-state index contributed by atoms with van der Waals surface area (Å²) in [4.78, 5) is 15.0. The van der Waals surface area contributed by atoms with Gasteiger partial charge in [0.2, 0.25) is 15.9 Å². The van der Waals surface area contributed by atoms with E-state index in [4.69, 9.17) is 22.1 Å². The number of piperidine rings is 1. The second-order valence-corrected chi connectivity index (χ2v) is 13.5. The minimum Gasteiger partial charge on any atom is -0.493 e. The zero-order chi connectivity index (χ0) is 28.5. The number of carbonyl (C=O) groups excluding carboxylic acids is 1. The zero-order valence-electron chi connectivity index (χ0n) is 22.3. The summed E-state index contributed by atoms with van der Waals surface area (Å²) in [5.41, 5.74) is 5.61. The molecule has 2 aromatic rings. The van der Waals surface area contributed by atoms with Crippen LogP contribution in [0.2, 0.25) is 5.02 Å². The fourth-order valence-electron chi connectivity index (χ4n) is 6.35. The van der Waals surface area contributed by atoms with E-state index in [0.29, 0.717) is 44.0 Å². The zero-order valence-corrected chi connectivity index (χ0v) is 23.8. The van der Waals surface area contributed by atoms with Crippen LogP contribution in [0.3, 0.4) is 0 Å². The molecule has 0 radical (unpaired) electrons. The van der Waals surface area contributed by atoms with Gasteiger partial charge in [0.05, 0.1) is 11.5 Å². The molecular weight excluding hydrogens is 560 g/mol. The number of halogens is 3. The number of nitrogens with zero attached hydrogens (tertiary/aromatic N) is 1. The van der Waals surface area contributed by atoms with Gasteiger partial charge in [0.15, 0.2) is 6.04 Å². The monoisotopic (exact) mass is 595 g/mol. The Balaban J connectivity index is 1.38. The summed E-state index contributed by atoms with van der Waals surface area (Å²) in [5.74, 6) is -3.82. The fraction of sp³-hybridized carbons (Fsp3) is 0.552. The highest BCUT2D eigenvalue weighted by Gasteiger charge is 2.53. The molecule has 1 saturated carbocycles. The van der Waals surface area contributed by atoms with Crippen molar-refractivity contribution in [3.8, 4) is 5.75 Å². The van der Waals surface area contributed by atoms with Crippen molar-refractivity contribution in [3.05, 3.63) is 59.1 Å². The summed E-state index contributed by atoms with van der Waals surface area (Å²) in [5, 5.41) is 0.247. The Morgan fingerprint density at radius 1 is 1.00 bits per heavy atom. The van der Waals surface area contributed by atoms with E-state index in [1.165, 1.54) is 60.6 Å². The summed E-state index contributed by atoms with van der Waals surface area (Å²) in [6, 6.07) is 7.37. The number of hydrogen-bond acceptors (Lipinski definition) is 5. The van der Waals surface area contributed by atoms with Gasteiger partial charge < -0.3 is 15.4 Å². The van der Waals surface area contributed by atoms with E-state index >= 15 is 8.78 Å². The normalized spacial score (nSPS) is 24.6. The predicted molar refractivity (Wildman–Crippen MR) is 149 cm³/mol. The van der Waals surface area contributed by atoms with Crippen molar-refractivity contribution < 1.29 is 26.7 Å². The molecule has 218 valence electrons. The summed E-state index contributed by atoms with van der Waals surface area (Å²) >= 11 is 5.90. The Labute approximate surface area is 239 Å². The van der Waals surface area contributed by atoms with Crippen LogP contribution in [0.15, 0.2) is 53.4 Å². The first-order chi connectivity index (χ1) is 19.0. The standard InChI is InChI=1S/C29H36ClF2N3O4S/c30-21-8-6-20(7-9-21)29(31,32)27(28(36)35-23-10-11-24(35)17-22(33)16-23)34-40(37,38)26-14-12-25(13-15-26)39-18-19-4-2-1-3-5-19/h6-9,12-15,19,22-24,27,34H,1-5,10-11,16-18,33H2/t22?,23?,24?,27-/m0/s1. The maximum atomic E-state index is 16.0. The maximum absolute atomic E-state index is 16.0. The summed E-state index contributed by atoms with van der Waals surface area (Å²) in [6.45, 7) is 0.552. The van der Waals surface area contributed by atoms with Gasteiger partial charge in [0.1, 0.15) is 5.75 Å². The number of amides is 1. The van der Waals surface area contributed by atoms with E-state index in [1.54, 1.807) is 0 Å². The molecule has 0 spiro atoms. The van der Waals surface area contributed by atoms with Crippen LogP contribution >= 0.6 is 11.6 Å². The fourth-order valence-corrected chi connectivity index (χ4v) is 7.67. The number of rotatable bonds is 9. The van der Waals surface area contributed by atoms with E-state index in [9.17, 15) is 13.2 Å². The molecule has 0 aromatic heterocycles. The topological polar surface area (TPSA) is 102 Å². The lowest BCUT2D eigenvalue weighted by Crippen LogP contribution is -2.60. The van der Waals surface area contributed by atoms with Gasteiger partial charge in [0.25, 0.3) is 5.92 Å². The summed E-state index contributed by atoms with van der Waals surface area (Å²) in [7, 11) is -4.50. The van der Waals surface area contributed by atoms with Crippen LogP contribution in [0.5, 0.6) is 5.75 Å². The molecule has 2 unspecified atom stereocenters. The molecule has 2 saturated heterocycles. The third-order valence-corrected chi connectivity index (χ3v) is 10.2. The van der Waals surface area contributed by atoms with Crippen LogP contribution in [0.1, 0.15) is 63.4 Å². The van der Waals surface area contributed by atoms with Gasteiger partial charge in [-0.2, -0.15) is 13.5 Å². The van der Waals surface area contributed by atoms with E-state index in [2.05, 4.69) is 4.72 Å². The van der Waals surface area contributed by atoms with Crippen molar-refractivity contribution in [2.75, 3.05) is 6.61 Å². The number of alkyl halides is 2. The molecule has 2 bridgehead atoms. The maximum Gasteiger partial charge on any atom is 0.298 e. The van der Waals surface area contributed by atoms with Gasteiger partial charge in [-0.3, -0.25) is 4.79 Å². The summed E-state index contributed by atoms with van der Waals surface area (Å²) < 4.78 is 66.8.